The molecule has 0 radical (unpaired) electrons. The number of nitrogens with zero attached hydrogens (tertiary/aromatic N) is 1. The van der Waals surface area contributed by atoms with Gasteiger partial charge in [-0.05, 0) is 47.5 Å². The van der Waals surface area contributed by atoms with E-state index in [-0.39, 0.29) is 0 Å². The second-order valence-electron chi connectivity index (χ2n) is 9.80. The van der Waals surface area contributed by atoms with Gasteiger partial charge in [-0.25, -0.2) is 0 Å². The third kappa shape index (κ3) is 4.46. The highest BCUT2D eigenvalue weighted by Gasteiger charge is 2.21. The summed E-state index contributed by atoms with van der Waals surface area (Å²) in [5.41, 5.74) is 9.89. The van der Waals surface area contributed by atoms with Crippen molar-refractivity contribution in [1.29, 1.82) is 0 Å². The molecule has 0 spiro atoms. The zero-order valence-electron chi connectivity index (χ0n) is 21.9. The van der Waals surface area contributed by atoms with Crippen molar-refractivity contribution >= 4 is 28.0 Å². The molecular formula is C38H27NO. The maximum absolute atomic E-state index is 6.27. The van der Waals surface area contributed by atoms with Crippen LogP contribution in [0.25, 0.3) is 44.5 Å². The molecular weight excluding hydrogens is 486 g/mol. The Morgan fingerprint density at radius 1 is 0.400 bits per heavy atom. The Morgan fingerprint density at radius 3 is 1.55 bits per heavy atom. The molecule has 0 aliphatic rings. The minimum atomic E-state index is 0.857. The van der Waals surface area contributed by atoms with Crippen LogP contribution in [0, 0.1) is 0 Å². The van der Waals surface area contributed by atoms with E-state index in [0.717, 1.165) is 39.4 Å². The van der Waals surface area contributed by atoms with E-state index in [9.17, 15) is 0 Å². The fourth-order valence-corrected chi connectivity index (χ4v) is 5.39. The van der Waals surface area contributed by atoms with Gasteiger partial charge in [-0.2, -0.15) is 0 Å². The van der Waals surface area contributed by atoms with Crippen LogP contribution in [0.15, 0.2) is 168 Å². The van der Waals surface area contributed by atoms with E-state index in [4.69, 9.17) is 4.42 Å². The summed E-state index contributed by atoms with van der Waals surface area (Å²) in [5.74, 6) is 0.857. The summed E-state index contributed by atoms with van der Waals surface area (Å²) in [7, 11) is 0. The molecule has 0 amide bonds. The number of hydrogen-bond acceptors (Lipinski definition) is 2. The van der Waals surface area contributed by atoms with Gasteiger partial charge in [-0.3, -0.25) is 0 Å². The molecule has 40 heavy (non-hydrogen) atoms. The van der Waals surface area contributed by atoms with Crippen molar-refractivity contribution in [3.8, 4) is 33.6 Å². The highest BCUT2D eigenvalue weighted by Crippen LogP contribution is 2.45. The minimum Gasteiger partial charge on any atom is -0.456 e. The summed E-state index contributed by atoms with van der Waals surface area (Å²) in [6.07, 6.45) is 0. The minimum absolute atomic E-state index is 0.857. The highest BCUT2D eigenvalue weighted by atomic mass is 16.3. The number of para-hydroxylation sites is 3. The van der Waals surface area contributed by atoms with Crippen LogP contribution < -0.4 is 4.90 Å². The molecule has 0 N–H and O–H groups in total. The van der Waals surface area contributed by atoms with E-state index in [1.54, 1.807) is 0 Å². The molecule has 0 fully saturated rings. The lowest BCUT2D eigenvalue weighted by Crippen LogP contribution is -2.12. The lowest BCUT2D eigenvalue weighted by atomic mass is 9.98. The number of hydrogen-bond donors (Lipinski definition) is 0. The zero-order valence-corrected chi connectivity index (χ0v) is 21.9. The van der Waals surface area contributed by atoms with Crippen LogP contribution in [0.4, 0.5) is 17.1 Å². The zero-order chi connectivity index (χ0) is 26.7. The van der Waals surface area contributed by atoms with Gasteiger partial charge in [0.05, 0.1) is 11.4 Å². The summed E-state index contributed by atoms with van der Waals surface area (Å²) in [6, 6.07) is 57.3. The Labute approximate surface area is 234 Å². The highest BCUT2D eigenvalue weighted by molar-refractivity contribution is 5.94. The van der Waals surface area contributed by atoms with Crippen LogP contribution >= 0.6 is 0 Å². The quantitative estimate of drug-likeness (QED) is 0.220. The van der Waals surface area contributed by atoms with E-state index >= 15 is 0 Å². The summed E-state index contributed by atoms with van der Waals surface area (Å²) in [4.78, 5) is 2.37. The first-order valence-corrected chi connectivity index (χ1v) is 13.5. The molecule has 0 saturated heterocycles. The van der Waals surface area contributed by atoms with E-state index in [2.05, 4.69) is 150 Å². The molecule has 0 bridgehead atoms. The molecule has 2 heteroatoms. The Balaban J connectivity index is 1.46. The number of anilines is 3. The fourth-order valence-electron chi connectivity index (χ4n) is 5.39. The van der Waals surface area contributed by atoms with Gasteiger partial charge in [0.25, 0.3) is 0 Å². The first kappa shape index (κ1) is 23.8. The van der Waals surface area contributed by atoms with Crippen molar-refractivity contribution in [3.63, 3.8) is 0 Å². The number of benzene rings is 6. The van der Waals surface area contributed by atoms with Crippen LogP contribution in [0.1, 0.15) is 0 Å². The average molecular weight is 514 g/mol. The van der Waals surface area contributed by atoms with Crippen molar-refractivity contribution in [3.05, 3.63) is 164 Å². The Bertz CT molecular complexity index is 1790. The SMILES string of the molecule is c1ccc(-c2ccccc2N(c2cccc(-c3cc4ccccc4o3)c2)c2ccccc2-c2ccccc2)cc1. The second-order valence-corrected chi connectivity index (χ2v) is 9.80. The van der Waals surface area contributed by atoms with E-state index in [0.29, 0.717) is 0 Å². The van der Waals surface area contributed by atoms with Crippen LogP contribution in [0.3, 0.4) is 0 Å². The largest absolute Gasteiger partial charge is 0.456 e. The number of fused-ring (bicyclic) bond motifs is 1. The van der Waals surface area contributed by atoms with Crippen molar-refractivity contribution < 1.29 is 4.42 Å². The first-order valence-electron chi connectivity index (χ1n) is 13.5. The van der Waals surface area contributed by atoms with Crippen LogP contribution in [0.5, 0.6) is 0 Å². The summed E-state index contributed by atoms with van der Waals surface area (Å²) in [6.45, 7) is 0. The van der Waals surface area contributed by atoms with Gasteiger partial charge in [-0.15, -0.1) is 0 Å². The standard InChI is InChI=1S/C38H27NO/c1-3-14-28(15-4-1)33-21-8-10-23-35(33)39(36-24-11-9-22-34(36)29-16-5-2-6-17-29)32-20-13-19-30(26-32)38-27-31-18-7-12-25-37(31)40-38/h1-27H. The molecule has 1 aromatic heterocycles. The van der Waals surface area contributed by atoms with E-state index in [1.807, 2.05) is 18.2 Å². The van der Waals surface area contributed by atoms with Gasteiger partial charge < -0.3 is 9.32 Å². The molecule has 0 atom stereocenters. The molecule has 190 valence electrons. The molecule has 7 rings (SSSR count). The number of furan rings is 1. The molecule has 0 saturated carbocycles. The van der Waals surface area contributed by atoms with Crippen LogP contribution in [0.2, 0.25) is 0 Å². The van der Waals surface area contributed by atoms with E-state index in [1.165, 1.54) is 22.3 Å². The van der Waals surface area contributed by atoms with Crippen molar-refractivity contribution in [2.45, 2.75) is 0 Å². The van der Waals surface area contributed by atoms with Crippen molar-refractivity contribution in [2.75, 3.05) is 4.90 Å². The Hall–Kier alpha value is -5.34. The van der Waals surface area contributed by atoms with Crippen molar-refractivity contribution in [1.82, 2.24) is 0 Å². The summed E-state index contributed by atoms with van der Waals surface area (Å²) < 4.78 is 6.27. The van der Waals surface area contributed by atoms with Gasteiger partial charge in [0.1, 0.15) is 11.3 Å². The molecule has 6 aromatic carbocycles. The smallest absolute Gasteiger partial charge is 0.135 e. The van der Waals surface area contributed by atoms with Crippen molar-refractivity contribution in [2.24, 2.45) is 0 Å². The maximum atomic E-state index is 6.27. The van der Waals surface area contributed by atoms with Crippen LogP contribution in [-0.2, 0) is 0 Å². The lowest BCUT2D eigenvalue weighted by molar-refractivity contribution is 0.631. The summed E-state index contributed by atoms with van der Waals surface area (Å²) >= 11 is 0. The first-order chi connectivity index (χ1) is 19.8. The average Bonchev–Trinajstić information content (AvgIpc) is 3.48. The molecule has 1 heterocycles. The molecule has 0 aliphatic carbocycles. The number of rotatable bonds is 6. The maximum Gasteiger partial charge on any atom is 0.135 e. The lowest BCUT2D eigenvalue weighted by Gasteiger charge is -2.30. The normalized spacial score (nSPS) is 11.0. The molecule has 7 aromatic rings. The monoisotopic (exact) mass is 513 g/mol. The third-order valence-electron chi connectivity index (χ3n) is 7.27. The fraction of sp³-hybridized carbons (Fsp3) is 0. The summed E-state index contributed by atoms with van der Waals surface area (Å²) in [5, 5.41) is 1.10. The predicted molar refractivity (Wildman–Crippen MR) is 167 cm³/mol. The van der Waals surface area contributed by atoms with Gasteiger partial charge in [0.15, 0.2) is 0 Å². The molecule has 2 nitrogen and oxygen atoms in total. The van der Waals surface area contributed by atoms with Gasteiger partial charge in [0.2, 0.25) is 0 Å². The second kappa shape index (κ2) is 10.4. The van der Waals surface area contributed by atoms with Gasteiger partial charge in [-0.1, -0.05) is 127 Å². The Morgan fingerprint density at radius 2 is 0.925 bits per heavy atom. The van der Waals surface area contributed by atoms with Gasteiger partial charge >= 0.3 is 0 Å². The third-order valence-corrected chi connectivity index (χ3v) is 7.27. The molecule has 0 unspecified atom stereocenters. The predicted octanol–water partition coefficient (Wildman–Crippen LogP) is 10.9. The molecule has 0 aliphatic heterocycles. The topological polar surface area (TPSA) is 16.4 Å². The van der Waals surface area contributed by atoms with E-state index < -0.39 is 0 Å². The van der Waals surface area contributed by atoms with Gasteiger partial charge in [0, 0.05) is 27.8 Å². The van der Waals surface area contributed by atoms with Crippen LogP contribution in [-0.4, -0.2) is 0 Å². The Kier molecular flexibility index (Phi) is 6.20.